The summed E-state index contributed by atoms with van der Waals surface area (Å²) in [6.45, 7) is 6.66. The molecule has 0 fully saturated rings. The molecule has 96 valence electrons. The van der Waals surface area contributed by atoms with Gasteiger partial charge < -0.3 is 5.32 Å². The second-order valence-corrected chi connectivity index (χ2v) is 5.05. The standard InChI is InChI=1S/C15H21N3/c1-11(2)15(13-7-5-4-6-8-13)18-12(3)14-9-16-17-10-14/h4-12,15,18H,1-3H3,(H,16,17). The Kier molecular flexibility index (Phi) is 4.15. The summed E-state index contributed by atoms with van der Waals surface area (Å²) in [6.07, 6.45) is 3.82. The highest BCUT2D eigenvalue weighted by Gasteiger charge is 2.18. The summed E-state index contributed by atoms with van der Waals surface area (Å²) in [5, 5.41) is 10.5. The Morgan fingerprint density at radius 1 is 1.06 bits per heavy atom. The molecular weight excluding hydrogens is 222 g/mol. The smallest absolute Gasteiger partial charge is 0.0534 e. The third-order valence-corrected chi connectivity index (χ3v) is 3.27. The minimum atomic E-state index is 0.288. The molecule has 0 aliphatic heterocycles. The highest BCUT2D eigenvalue weighted by atomic mass is 15.1. The molecule has 2 aromatic rings. The van der Waals surface area contributed by atoms with E-state index in [1.54, 1.807) is 0 Å². The summed E-state index contributed by atoms with van der Waals surface area (Å²) in [5.41, 5.74) is 2.53. The van der Waals surface area contributed by atoms with Gasteiger partial charge in [0.2, 0.25) is 0 Å². The number of aromatic nitrogens is 2. The Morgan fingerprint density at radius 2 is 1.78 bits per heavy atom. The van der Waals surface area contributed by atoms with Crippen LogP contribution in [0.4, 0.5) is 0 Å². The fourth-order valence-electron chi connectivity index (χ4n) is 2.20. The molecule has 18 heavy (non-hydrogen) atoms. The van der Waals surface area contributed by atoms with Gasteiger partial charge in [0.15, 0.2) is 0 Å². The summed E-state index contributed by atoms with van der Waals surface area (Å²) in [6, 6.07) is 11.2. The molecule has 0 amide bonds. The van der Waals surface area contributed by atoms with Crippen LogP contribution in [0.1, 0.15) is 44.0 Å². The van der Waals surface area contributed by atoms with Gasteiger partial charge in [-0.15, -0.1) is 0 Å². The first-order chi connectivity index (χ1) is 8.68. The van der Waals surface area contributed by atoms with E-state index in [1.807, 2.05) is 12.4 Å². The monoisotopic (exact) mass is 243 g/mol. The lowest BCUT2D eigenvalue weighted by atomic mass is 9.95. The molecule has 0 saturated heterocycles. The zero-order chi connectivity index (χ0) is 13.0. The Labute approximate surface area is 109 Å². The van der Waals surface area contributed by atoms with E-state index in [1.165, 1.54) is 11.1 Å². The van der Waals surface area contributed by atoms with E-state index in [-0.39, 0.29) is 6.04 Å². The molecule has 0 bridgehead atoms. The van der Waals surface area contributed by atoms with E-state index < -0.39 is 0 Å². The van der Waals surface area contributed by atoms with Crippen LogP contribution < -0.4 is 5.32 Å². The molecule has 2 atom stereocenters. The van der Waals surface area contributed by atoms with E-state index in [2.05, 4.69) is 66.6 Å². The zero-order valence-electron chi connectivity index (χ0n) is 11.2. The van der Waals surface area contributed by atoms with Crippen LogP contribution in [0.5, 0.6) is 0 Å². The van der Waals surface area contributed by atoms with E-state index in [0.717, 1.165) is 0 Å². The second-order valence-electron chi connectivity index (χ2n) is 5.05. The number of nitrogens with one attached hydrogen (secondary N) is 2. The SMILES string of the molecule is CC(NC(c1ccccc1)C(C)C)c1cn[nH]c1. The fraction of sp³-hybridized carbons (Fsp3) is 0.400. The molecule has 1 aromatic heterocycles. The van der Waals surface area contributed by atoms with Crippen molar-refractivity contribution in [3.05, 3.63) is 53.9 Å². The number of H-pyrrole nitrogens is 1. The first kappa shape index (κ1) is 12.8. The minimum Gasteiger partial charge on any atom is -0.303 e. The van der Waals surface area contributed by atoms with Crippen LogP contribution in [-0.2, 0) is 0 Å². The molecule has 1 aromatic carbocycles. The molecule has 3 heteroatoms. The molecule has 2 unspecified atom stereocenters. The van der Waals surface area contributed by atoms with E-state index in [0.29, 0.717) is 12.0 Å². The number of benzene rings is 1. The van der Waals surface area contributed by atoms with Gasteiger partial charge in [0.05, 0.1) is 6.20 Å². The van der Waals surface area contributed by atoms with Gasteiger partial charge in [-0.2, -0.15) is 5.10 Å². The molecule has 0 spiro atoms. The molecule has 1 heterocycles. The molecule has 2 rings (SSSR count). The quantitative estimate of drug-likeness (QED) is 0.844. The second kappa shape index (κ2) is 5.83. The largest absolute Gasteiger partial charge is 0.303 e. The van der Waals surface area contributed by atoms with Crippen LogP contribution in [0.3, 0.4) is 0 Å². The normalized spacial score (nSPS) is 14.7. The fourth-order valence-corrected chi connectivity index (χ4v) is 2.20. The van der Waals surface area contributed by atoms with Gasteiger partial charge in [-0.3, -0.25) is 5.10 Å². The number of nitrogens with zero attached hydrogens (tertiary/aromatic N) is 1. The van der Waals surface area contributed by atoms with Crippen molar-refractivity contribution in [1.82, 2.24) is 15.5 Å². The minimum absolute atomic E-state index is 0.288. The molecule has 3 nitrogen and oxygen atoms in total. The van der Waals surface area contributed by atoms with E-state index in [9.17, 15) is 0 Å². The van der Waals surface area contributed by atoms with Gasteiger partial charge in [0.1, 0.15) is 0 Å². The van der Waals surface area contributed by atoms with Crippen LogP contribution in [0.15, 0.2) is 42.7 Å². The third-order valence-electron chi connectivity index (χ3n) is 3.27. The van der Waals surface area contributed by atoms with Crippen molar-refractivity contribution in [2.75, 3.05) is 0 Å². The lowest BCUT2D eigenvalue weighted by molar-refractivity contribution is 0.374. The first-order valence-electron chi connectivity index (χ1n) is 6.48. The first-order valence-corrected chi connectivity index (χ1v) is 6.48. The Hall–Kier alpha value is -1.61. The Bertz CT molecular complexity index is 448. The van der Waals surface area contributed by atoms with E-state index in [4.69, 9.17) is 0 Å². The van der Waals surface area contributed by atoms with Gasteiger partial charge in [-0.25, -0.2) is 0 Å². The van der Waals surface area contributed by atoms with Gasteiger partial charge in [0, 0.05) is 23.8 Å². The Morgan fingerprint density at radius 3 is 2.33 bits per heavy atom. The highest BCUT2D eigenvalue weighted by Crippen LogP contribution is 2.25. The lowest BCUT2D eigenvalue weighted by Gasteiger charge is -2.26. The molecule has 0 radical (unpaired) electrons. The van der Waals surface area contributed by atoms with Crippen molar-refractivity contribution < 1.29 is 0 Å². The highest BCUT2D eigenvalue weighted by molar-refractivity contribution is 5.20. The van der Waals surface area contributed by atoms with Gasteiger partial charge in [0.25, 0.3) is 0 Å². The molecular formula is C15H21N3. The summed E-state index contributed by atoms with van der Waals surface area (Å²) in [7, 11) is 0. The van der Waals surface area contributed by atoms with Crippen molar-refractivity contribution in [2.24, 2.45) is 5.92 Å². The molecule has 0 aliphatic rings. The maximum absolute atomic E-state index is 4.00. The summed E-state index contributed by atoms with van der Waals surface area (Å²) in [5.74, 6) is 0.543. The number of aromatic amines is 1. The van der Waals surface area contributed by atoms with Crippen molar-refractivity contribution in [2.45, 2.75) is 32.9 Å². The maximum atomic E-state index is 4.00. The summed E-state index contributed by atoms with van der Waals surface area (Å²) >= 11 is 0. The molecule has 0 saturated carbocycles. The number of rotatable bonds is 5. The van der Waals surface area contributed by atoms with Crippen molar-refractivity contribution in [3.63, 3.8) is 0 Å². The van der Waals surface area contributed by atoms with Crippen LogP contribution >= 0.6 is 0 Å². The lowest BCUT2D eigenvalue weighted by Crippen LogP contribution is -2.28. The molecule has 2 N–H and O–H groups in total. The number of hydrogen-bond donors (Lipinski definition) is 2. The van der Waals surface area contributed by atoms with Crippen LogP contribution in [0, 0.1) is 5.92 Å². The average Bonchev–Trinajstić information content (AvgIpc) is 2.90. The van der Waals surface area contributed by atoms with E-state index >= 15 is 0 Å². The topological polar surface area (TPSA) is 40.7 Å². The summed E-state index contributed by atoms with van der Waals surface area (Å²) in [4.78, 5) is 0. The predicted molar refractivity (Wildman–Crippen MR) is 74.2 cm³/mol. The van der Waals surface area contributed by atoms with Crippen molar-refractivity contribution in [3.8, 4) is 0 Å². The van der Waals surface area contributed by atoms with Crippen LogP contribution in [-0.4, -0.2) is 10.2 Å². The maximum Gasteiger partial charge on any atom is 0.0534 e. The van der Waals surface area contributed by atoms with Crippen LogP contribution in [0.25, 0.3) is 0 Å². The zero-order valence-corrected chi connectivity index (χ0v) is 11.2. The third kappa shape index (κ3) is 2.99. The van der Waals surface area contributed by atoms with Gasteiger partial charge in [-0.05, 0) is 18.4 Å². The Balaban J connectivity index is 2.12. The van der Waals surface area contributed by atoms with Crippen LogP contribution in [0.2, 0.25) is 0 Å². The van der Waals surface area contributed by atoms with Gasteiger partial charge in [-0.1, -0.05) is 44.2 Å². The average molecular weight is 243 g/mol. The number of hydrogen-bond acceptors (Lipinski definition) is 2. The van der Waals surface area contributed by atoms with Crippen molar-refractivity contribution in [1.29, 1.82) is 0 Å². The van der Waals surface area contributed by atoms with Gasteiger partial charge >= 0.3 is 0 Å². The summed E-state index contributed by atoms with van der Waals surface area (Å²) < 4.78 is 0. The molecule has 0 aliphatic carbocycles. The predicted octanol–water partition coefficient (Wildman–Crippen LogP) is 3.46. The van der Waals surface area contributed by atoms with Crippen molar-refractivity contribution >= 4 is 0 Å².